The summed E-state index contributed by atoms with van der Waals surface area (Å²) in [5, 5.41) is 6.22. The summed E-state index contributed by atoms with van der Waals surface area (Å²) in [7, 11) is 0. The molecule has 0 heterocycles. The Morgan fingerprint density at radius 1 is 0.730 bits per heavy atom. The molecule has 0 atom stereocenters. The predicted octanol–water partition coefficient (Wildman–Crippen LogP) is 8.81. The van der Waals surface area contributed by atoms with Gasteiger partial charge in [-0.05, 0) is 74.6 Å². The van der Waals surface area contributed by atoms with Crippen LogP contribution in [-0.2, 0) is 0 Å². The number of hydrogen-bond donors (Lipinski definition) is 0. The Balaban J connectivity index is 1.56. The summed E-state index contributed by atoms with van der Waals surface area (Å²) < 4.78 is 6.13. The fraction of sp³-hybridized carbons (Fsp3) is 0.0303. The second-order valence-corrected chi connectivity index (χ2v) is 9.47. The van der Waals surface area contributed by atoms with E-state index in [1.54, 1.807) is 24.3 Å². The molecular formula is C33H21ClO3. The summed E-state index contributed by atoms with van der Waals surface area (Å²) in [4.78, 5) is 25.8. The molecule has 3 nitrogen and oxygen atoms in total. The normalized spacial score (nSPS) is 11.2. The number of rotatable bonds is 4. The van der Waals surface area contributed by atoms with Gasteiger partial charge in [0.15, 0.2) is 6.29 Å². The lowest BCUT2D eigenvalue weighted by molar-refractivity contribution is 0.0738. The minimum atomic E-state index is -0.459. The molecule has 0 N–H and O–H groups in total. The number of esters is 1. The van der Waals surface area contributed by atoms with E-state index in [2.05, 4.69) is 6.07 Å². The summed E-state index contributed by atoms with van der Waals surface area (Å²) in [5.74, 6) is -0.0809. The third-order valence-corrected chi connectivity index (χ3v) is 7.08. The number of halogens is 1. The maximum absolute atomic E-state index is 13.8. The zero-order chi connectivity index (χ0) is 25.5. The zero-order valence-electron chi connectivity index (χ0n) is 20.0. The van der Waals surface area contributed by atoms with Crippen LogP contribution < -0.4 is 4.74 Å². The molecule has 0 amide bonds. The highest BCUT2D eigenvalue weighted by atomic mass is 35.5. The summed E-state index contributed by atoms with van der Waals surface area (Å²) >= 11 is 6.18. The minimum absolute atomic E-state index is 0.378. The van der Waals surface area contributed by atoms with Crippen LogP contribution >= 0.6 is 11.6 Å². The fourth-order valence-electron chi connectivity index (χ4n) is 5.08. The Morgan fingerprint density at radius 3 is 2.24 bits per heavy atom. The molecule has 4 heteroatoms. The highest BCUT2D eigenvalue weighted by molar-refractivity contribution is 6.31. The van der Waals surface area contributed by atoms with Gasteiger partial charge in [-0.3, -0.25) is 4.79 Å². The highest BCUT2D eigenvalue weighted by Gasteiger charge is 2.20. The molecule has 0 aromatic heterocycles. The van der Waals surface area contributed by atoms with Crippen LogP contribution in [0.4, 0.5) is 0 Å². The highest BCUT2D eigenvalue weighted by Crippen LogP contribution is 2.40. The number of fused-ring (bicyclic) bond motifs is 4. The largest absolute Gasteiger partial charge is 0.422 e. The first-order chi connectivity index (χ1) is 18.0. The van der Waals surface area contributed by atoms with Crippen LogP contribution in [0.5, 0.6) is 5.75 Å². The molecule has 0 unspecified atom stereocenters. The van der Waals surface area contributed by atoms with E-state index in [1.807, 2.05) is 79.7 Å². The number of carbonyl (C=O) groups excluding carboxylic acids is 2. The molecular weight excluding hydrogens is 480 g/mol. The van der Waals surface area contributed by atoms with Crippen molar-refractivity contribution in [1.29, 1.82) is 0 Å². The van der Waals surface area contributed by atoms with E-state index in [9.17, 15) is 9.59 Å². The number of aldehydes is 1. The maximum Gasteiger partial charge on any atom is 0.344 e. The summed E-state index contributed by atoms with van der Waals surface area (Å²) in [5.41, 5.74) is 3.32. The van der Waals surface area contributed by atoms with Crippen molar-refractivity contribution in [3.05, 3.63) is 125 Å². The summed E-state index contributed by atoms with van der Waals surface area (Å²) in [6, 6.07) is 32.6. The Morgan fingerprint density at radius 2 is 1.43 bits per heavy atom. The molecule has 178 valence electrons. The van der Waals surface area contributed by atoms with Crippen molar-refractivity contribution >= 4 is 56.2 Å². The lowest BCUT2D eigenvalue weighted by atomic mass is 9.93. The average molecular weight is 501 g/mol. The maximum atomic E-state index is 13.8. The third-order valence-electron chi connectivity index (χ3n) is 6.84. The van der Waals surface area contributed by atoms with Gasteiger partial charge < -0.3 is 4.74 Å². The van der Waals surface area contributed by atoms with E-state index >= 15 is 0 Å². The van der Waals surface area contributed by atoms with Gasteiger partial charge in [0.2, 0.25) is 0 Å². The van der Waals surface area contributed by atoms with Crippen molar-refractivity contribution < 1.29 is 14.3 Å². The van der Waals surface area contributed by atoms with Crippen LogP contribution in [0.15, 0.2) is 103 Å². The van der Waals surface area contributed by atoms with Crippen LogP contribution in [0, 0.1) is 6.92 Å². The van der Waals surface area contributed by atoms with Gasteiger partial charge in [-0.15, -0.1) is 0 Å². The van der Waals surface area contributed by atoms with Crippen molar-refractivity contribution in [2.45, 2.75) is 6.92 Å². The van der Waals surface area contributed by atoms with Crippen LogP contribution in [0.25, 0.3) is 43.4 Å². The molecule has 37 heavy (non-hydrogen) atoms. The van der Waals surface area contributed by atoms with Gasteiger partial charge >= 0.3 is 5.97 Å². The summed E-state index contributed by atoms with van der Waals surface area (Å²) in [6.07, 6.45) is 0.772. The SMILES string of the molecule is Cc1cccc2c1cc(C(=O)Oc1ccc3ccccc3c1-c1ccc(Cl)cc1C=O)c1ccccc12. The Bertz CT molecular complexity index is 1870. The first-order valence-corrected chi connectivity index (χ1v) is 12.3. The van der Waals surface area contributed by atoms with E-state index in [4.69, 9.17) is 16.3 Å². The van der Waals surface area contributed by atoms with Crippen molar-refractivity contribution in [1.82, 2.24) is 0 Å². The first kappa shape index (κ1) is 23.0. The second-order valence-electron chi connectivity index (χ2n) is 9.04. The van der Waals surface area contributed by atoms with Gasteiger partial charge in [-0.25, -0.2) is 4.79 Å². The fourth-order valence-corrected chi connectivity index (χ4v) is 5.26. The van der Waals surface area contributed by atoms with Crippen LogP contribution in [-0.4, -0.2) is 12.3 Å². The van der Waals surface area contributed by atoms with Gasteiger partial charge in [0.25, 0.3) is 0 Å². The number of ether oxygens (including phenoxy) is 1. The monoisotopic (exact) mass is 500 g/mol. The predicted molar refractivity (Wildman–Crippen MR) is 151 cm³/mol. The topological polar surface area (TPSA) is 43.4 Å². The van der Waals surface area contributed by atoms with E-state index < -0.39 is 5.97 Å². The molecule has 6 aromatic carbocycles. The van der Waals surface area contributed by atoms with E-state index in [1.165, 1.54) is 0 Å². The molecule has 0 saturated carbocycles. The van der Waals surface area contributed by atoms with E-state index in [-0.39, 0.29) is 0 Å². The van der Waals surface area contributed by atoms with Crippen molar-refractivity contribution in [2.24, 2.45) is 0 Å². The molecule has 0 aliphatic heterocycles. The Hall–Kier alpha value is -4.47. The van der Waals surface area contributed by atoms with E-state index in [0.717, 1.165) is 44.2 Å². The number of aryl methyl sites for hydroxylation is 1. The average Bonchev–Trinajstić information content (AvgIpc) is 2.93. The lowest BCUT2D eigenvalue weighted by Crippen LogP contribution is -2.10. The standard InChI is InChI=1S/C33H21ClO3/c1-20-7-6-12-27-26-10-4-5-11-28(26)30(18-29(20)27)33(36)37-31-16-13-21-8-2-3-9-24(21)32(31)25-15-14-23(34)17-22(25)19-35/h2-19H,1H3. The van der Waals surface area contributed by atoms with Crippen LogP contribution in [0.3, 0.4) is 0 Å². The first-order valence-electron chi connectivity index (χ1n) is 12.0. The van der Waals surface area contributed by atoms with Crippen LogP contribution in [0.2, 0.25) is 5.02 Å². The molecule has 0 radical (unpaired) electrons. The van der Waals surface area contributed by atoms with E-state index in [0.29, 0.717) is 33.0 Å². The molecule has 0 spiro atoms. The Kier molecular flexibility index (Phi) is 5.71. The lowest BCUT2D eigenvalue weighted by Gasteiger charge is -2.16. The van der Waals surface area contributed by atoms with Crippen molar-refractivity contribution in [2.75, 3.05) is 0 Å². The second kappa shape index (κ2) is 9.20. The molecule has 6 rings (SSSR count). The quantitative estimate of drug-likeness (QED) is 0.105. The molecule has 0 saturated heterocycles. The zero-order valence-corrected chi connectivity index (χ0v) is 20.8. The van der Waals surface area contributed by atoms with Gasteiger partial charge in [0, 0.05) is 16.1 Å². The van der Waals surface area contributed by atoms with Crippen LogP contribution in [0.1, 0.15) is 26.3 Å². The smallest absolute Gasteiger partial charge is 0.344 e. The molecule has 6 aromatic rings. The Labute approximate surface area is 218 Å². The number of hydrogen-bond acceptors (Lipinski definition) is 3. The van der Waals surface area contributed by atoms with Crippen molar-refractivity contribution in [3.8, 4) is 16.9 Å². The molecule has 0 fully saturated rings. The number of carbonyl (C=O) groups is 2. The third kappa shape index (κ3) is 3.94. The summed E-state index contributed by atoms with van der Waals surface area (Å²) in [6.45, 7) is 2.04. The van der Waals surface area contributed by atoms with Gasteiger partial charge in [0.1, 0.15) is 5.75 Å². The number of benzene rings is 6. The van der Waals surface area contributed by atoms with Gasteiger partial charge in [-0.2, -0.15) is 0 Å². The van der Waals surface area contributed by atoms with Crippen molar-refractivity contribution in [3.63, 3.8) is 0 Å². The molecule has 0 bridgehead atoms. The minimum Gasteiger partial charge on any atom is -0.422 e. The molecule has 0 aliphatic carbocycles. The van der Waals surface area contributed by atoms with Gasteiger partial charge in [0.05, 0.1) is 5.56 Å². The molecule has 0 aliphatic rings. The van der Waals surface area contributed by atoms with Gasteiger partial charge in [-0.1, -0.05) is 90.5 Å².